The Morgan fingerprint density at radius 2 is 2.00 bits per heavy atom. The molecule has 1 fully saturated rings. The number of nitrogens with one attached hydrogen (secondary N) is 4. The van der Waals surface area contributed by atoms with E-state index in [9.17, 15) is 9.59 Å². The van der Waals surface area contributed by atoms with Gasteiger partial charge in [-0.2, -0.15) is 0 Å². The van der Waals surface area contributed by atoms with Crippen molar-refractivity contribution in [1.29, 1.82) is 0 Å². The highest BCUT2D eigenvalue weighted by atomic mass is 16.2. The smallest absolute Gasteiger partial charge is 0.257 e. The summed E-state index contributed by atoms with van der Waals surface area (Å²) in [4.78, 5) is 34.0. The minimum absolute atomic E-state index is 0.0866. The molecule has 8 nitrogen and oxygen atoms in total. The number of pyridine rings is 1. The van der Waals surface area contributed by atoms with Gasteiger partial charge in [-0.3, -0.25) is 19.9 Å². The van der Waals surface area contributed by atoms with Crippen molar-refractivity contribution in [3.63, 3.8) is 0 Å². The summed E-state index contributed by atoms with van der Waals surface area (Å²) in [6.45, 7) is 8.24. The molecule has 4 N–H and O–H groups in total. The number of anilines is 2. The maximum absolute atomic E-state index is 12.7. The number of carbonyl (C=O) groups excluding carboxylic acids is 2. The molecule has 1 saturated carbocycles. The molecule has 0 atom stereocenters. The van der Waals surface area contributed by atoms with Gasteiger partial charge in [0.25, 0.3) is 11.8 Å². The molecule has 0 spiro atoms. The molecule has 0 radical (unpaired) electrons. The second kappa shape index (κ2) is 10.0. The first kappa shape index (κ1) is 22.8. The predicted octanol–water partition coefficient (Wildman–Crippen LogP) is 3.48. The number of hydrogen-bond acceptors (Lipinski definition) is 6. The number of nitrogens with zero attached hydrogens (tertiary/aromatic N) is 2. The van der Waals surface area contributed by atoms with Gasteiger partial charge in [-0.05, 0) is 67.9 Å². The van der Waals surface area contributed by atoms with Crippen molar-refractivity contribution in [3.8, 4) is 0 Å². The van der Waals surface area contributed by atoms with Crippen molar-refractivity contribution in [1.82, 2.24) is 20.9 Å². The normalized spacial score (nSPS) is 15.1. The number of carbonyl (C=O) groups is 2. The van der Waals surface area contributed by atoms with Crippen LogP contribution in [0.4, 0.5) is 11.5 Å². The summed E-state index contributed by atoms with van der Waals surface area (Å²) >= 11 is 0. The fourth-order valence-electron chi connectivity index (χ4n) is 3.82. The Hall–Kier alpha value is -3.42. The van der Waals surface area contributed by atoms with Crippen LogP contribution in [0, 0.1) is 12.8 Å². The first-order chi connectivity index (χ1) is 15.9. The van der Waals surface area contributed by atoms with Gasteiger partial charge in [0, 0.05) is 41.7 Å². The van der Waals surface area contributed by atoms with Crippen molar-refractivity contribution < 1.29 is 9.59 Å². The largest absolute Gasteiger partial charge is 0.354 e. The second-order valence-corrected chi connectivity index (χ2v) is 9.08. The molecule has 0 unspecified atom stereocenters. The van der Waals surface area contributed by atoms with E-state index in [-0.39, 0.29) is 11.8 Å². The Morgan fingerprint density at radius 3 is 2.70 bits per heavy atom. The van der Waals surface area contributed by atoms with E-state index in [4.69, 9.17) is 0 Å². The average molecular weight is 449 g/mol. The molecule has 2 aliphatic rings. The fourth-order valence-corrected chi connectivity index (χ4v) is 3.82. The number of aromatic nitrogens is 1. The zero-order valence-corrected chi connectivity index (χ0v) is 19.5. The fraction of sp³-hybridized carbons (Fsp3) is 0.440. The lowest BCUT2D eigenvalue weighted by molar-refractivity contribution is 0.0948. The van der Waals surface area contributed by atoms with Crippen LogP contribution >= 0.6 is 0 Å². The van der Waals surface area contributed by atoms with Gasteiger partial charge in [0.15, 0.2) is 5.96 Å². The zero-order chi connectivity index (χ0) is 23.4. The quantitative estimate of drug-likeness (QED) is 0.495. The lowest BCUT2D eigenvalue weighted by Crippen LogP contribution is -2.38. The summed E-state index contributed by atoms with van der Waals surface area (Å²) in [6, 6.07) is 7.42. The third kappa shape index (κ3) is 5.69. The Balaban J connectivity index is 1.51. The zero-order valence-electron chi connectivity index (χ0n) is 19.5. The molecule has 174 valence electrons. The van der Waals surface area contributed by atoms with Crippen molar-refractivity contribution in [3.05, 3.63) is 52.7 Å². The Labute approximate surface area is 194 Å². The summed E-state index contributed by atoms with van der Waals surface area (Å²) in [5.74, 6) is 1.87. The Morgan fingerprint density at radius 1 is 1.18 bits per heavy atom. The molecule has 4 rings (SSSR count). The van der Waals surface area contributed by atoms with E-state index in [1.165, 1.54) is 0 Å². The first-order valence-electron chi connectivity index (χ1n) is 11.7. The number of guanidine groups is 1. The first-order valence-corrected chi connectivity index (χ1v) is 11.7. The lowest BCUT2D eigenvalue weighted by atomic mass is 10.0. The van der Waals surface area contributed by atoms with Crippen LogP contribution in [0.1, 0.15) is 70.9 Å². The van der Waals surface area contributed by atoms with Gasteiger partial charge in [0.05, 0.1) is 6.54 Å². The minimum Gasteiger partial charge on any atom is -0.354 e. The summed E-state index contributed by atoms with van der Waals surface area (Å²) in [6.07, 6.45) is 4.78. The molecule has 1 aromatic heterocycles. The molecular formula is C25H32N6O2. The van der Waals surface area contributed by atoms with Gasteiger partial charge in [-0.25, -0.2) is 4.98 Å². The van der Waals surface area contributed by atoms with Gasteiger partial charge >= 0.3 is 0 Å². The second-order valence-electron chi connectivity index (χ2n) is 9.08. The Kier molecular flexibility index (Phi) is 6.91. The summed E-state index contributed by atoms with van der Waals surface area (Å²) in [5.41, 5.74) is 4.02. The Bertz CT molecular complexity index is 1070. The molecule has 2 heterocycles. The highest BCUT2D eigenvalue weighted by molar-refractivity contribution is 6.06. The van der Waals surface area contributed by atoms with Crippen molar-refractivity contribution >= 4 is 29.3 Å². The van der Waals surface area contributed by atoms with Crippen LogP contribution in [0.3, 0.4) is 0 Å². The van der Waals surface area contributed by atoms with Crippen LogP contribution < -0.4 is 21.3 Å². The van der Waals surface area contributed by atoms with Gasteiger partial charge < -0.3 is 16.0 Å². The van der Waals surface area contributed by atoms with Crippen LogP contribution in [0.25, 0.3) is 0 Å². The summed E-state index contributed by atoms with van der Waals surface area (Å²) in [7, 11) is 0. The number of amides is 2. The summed E-state index contributed by atoms with van der Waals surface area (Å²) < 4.78 is 0. The van der Waals surface area contributed by atoms with Crippen molar-refractivity contribution in [2.45, 2.75) is 46.0 Å². The van der Waals surface area contributed by atoms with Crippen LogP contribution in [-0.2, 0) is 0 Å². The molecule has 0 bridgehead atoms. The van der Waals surface area contributed by atoms with E-state index in [2.05, 4.69) is 45.1 Å². The number of aliphatic imine (C=N–C) groups is 1. The molecule has 2 aromatic rings. The standard InChI is InChI=1S/C25H32N6O2/c1-15(2)8-10-27-24(33)19-9-11-26-22(16(19)3)30-21-7-6-18(14-20(21)17-4-5-17)23(32)31-25-28-12-13-29-25/h6-7,9,11,14-15,17H,4-5,8,10,12-13H2,1-3H3,(H,26,30)(H,27,33)(H2,28,29,31,32). The number of rotatable bonds is 8. The maximum Gasteiger partial charge on any atom is 0.257 e. The number of hydrogen-bond donors (Lipinski definition) is 4. The monoisotopic (exact) mass is 448 g/mol. The number of benzene rings is 1. The van der Waals surface area contributed by atoms with Gasteiger partial charge in [-0.1, -0.05) is 13.8 Å². The highest BCUT2D eigenvalue weighted by Crippen LogP contribution is 2.44. The molecule has 1 aliphatic heterocycles. The molecule has 1 aromatic carbocycles. The highest BCUT2D eigenvalue weighted by Gasteiger charge is 2.28. The van der Waals surface area contributed by atoms with E-state index < -0.39 is 0 Å². The maximum atomic E-state index is 12.7. The molecule has 2 amide bonds. The average Bonchev–Trinajstić information content (AvgIpc) is 3.51. The third-order valence-corrected chi connectivity index (χ3v) is 5.95. The molecule has 33 heavy (non-hydrogen) atoms. The summed E-state index contributed by atoms with van der Waals surface area (Å²) in [5, 5.41) is 12.3. The molecule has 8 heteroatoms. The van der Waals surface area contributed by atoms with Gasteiger partial charge in [0.2, 0.25) is 0 Å². The SMILES string of the molecule is Cc1c(C(=O)NCCC(C)C)ccnc1Nc1ccc(C(=O)NC2=NCCN2)cc1C1CC1. The minimum atomic E-state index is -0.175. The van der Waals surface area contributed by atoms with E-state index in [0.29, 0.717) is 47.8 Å². The van der Waals surface area contributed by atoms with Crippen LogP contribution in [0.5, 0.6) is 0 Å². The topological polar surface area (TPSA) is 108 Å². The van der Waals surface area contributed by atoms with Gasteiger partial charge in [-0.15, -0.1) is 0 Å². The molecule has 1 aliphatic carbocycles. The molecule has 0 saturated heterocycles. The third-order valence-electron chi connectivity index (χ3n) is 5.95. The van der Waals surface area contributed by atoms with E-state index in [0.717, 1.165) is 42.6 Å². The van der Waals surface area contributed by atoms with Crippen molar-refractivity contribution in [2.75, 3.05) is 25.0 Å². The van der Waals surface area contributed by atoms with Crippen LogP contribution in [0.15, 0.2) is 35.5 Å². The van der Waals surface area contributed by atoms with Crippen LogP contribution in [0.2, 0.25) is 0 Å². The lowest BCUT2D eigenvalue weighted by Gasteiger charge is -2.16. The van der Waals surface area contributed by atoms with E-state index >= 15 is 0 Å². The predicted molar refractivity (Wildman–Crippen MR) is 130 cm³/mol. The van der Waals surface area contributed by atoms with Crippen molar-refractivity contribution in [2.24, 2.45) is 10.9 Å². The van der Waals surface area contributed by atoms with Crippen LogP contribution in [-0.4, -0.2) is 42.4 Å². The van der Waals surface area contributed by atoms with Gasteiger partial charge in [0.1, 0.15) is 5.82 Å². The van der Waals surface area contributed by atoms with E-state index in [1.54, 1.807) is 18.3 Å². The van der Waals surface area contributed by atoms with E-state index in [1.807, 2.05) is 19.1 Å². The molecular weight excluding hydrogens is 416 g/mol.